The van der Waals surface area contributed by atoms with Gasteiger partial charge in [-0.15, -0.1) is 11.8 Å². The van der Waals surface area contributed by atoms with Crippen molar-refractivity contribution in [2.75, 3.05) is 5.32 Å². The van der Waals surface area contributed by atoms with Crippen LogP contribution in [0.15, 0.2) is 53.4 Å². The Morgan fingerprint density at radius 1 is 1.17 bits per heavy atom. The quantitative estimate of drug-likeness (QED) is 0.825. The number of carbonyl (C=O) groups excluding carboxylic acids is 1. The van der Waals surface area contributed by atoms with Crippen molar-refractivity contribution in [3.8, 4) is 0 Å². The summed E-state index contributed by atoms with van der Waals surface area (Å²) in [5.74, 6) is 0.628. The fourth-order valence-corrected chi connectivity index (χ4v) is 3.51. The van der Waals surface area contributed by atoms with Gasteiger partial charge in [-0.05, 0) is 49.2 Å². The standard InChI is InChI=1S/C17H20N2O3S2/c1-12-5-3-4-6-14(12)11-23-13(2)17(20)19-15-7-9-16(10-8-15)24(18,21)22/h3-10,13H,11H2,1-2H3,(H,19,20)(H2,18,21,22)/t13-/m0/s1. The Kier molecular flexibility index (Phi) is 6.04. The summed E-state index contributed by atoms with van der Waals surface area (Å²) in [5, 5.41) is 7.59. The monoisotopic (exact) mass is 364 g/mol. The molecule has 0 radical (unpaired) electrons. The third-order valence-corrected chi connectivity index (χ3v) is 5.69. The van der Waals surface area contributed by atoms with Crippen molar-refractivity contribution in [3.05, 3.63) is 59.7 Å². The number of aryl methyl sites for hydroxylation is 1. The summed E-state index contributed by atoms with van der Waals surface area (Å²) in [6.45, 7) is 3.89. The number of sulfonamides is 1. The molecule has 0 aliphatic carbocycles. The van der Waals surface area contributed by atoms with Gasteiger partial charge in [-0.1, -0.05) is 24.3 Å². The van der Waals surface area contributed by atoms with E-state index in [4.69, 9.17) is 5.14 Å². The third-order valence-electron chi connectivity index (χ3n) is 3.57. The molecule has 0 aliphatic heterocycles. The van der Waals surface area contributed by atoms with E-state index in [9.17, 15) is 13.2 Å². The smallest absolute Gasteiger partial charge is 0.238 e. The Bertz CT molecular complexity index is 818. The molecular formula is C17H20N2O3S2. The van der Waals surface area contributed by atoms with E-state index in [0.717, 1.165) is 5.75 Å². The van der Waals surface area contributed by atoms with Crippen molar-refractivity contribution in [1.29, 1.82) is 0 Å². The molecule has 0 fully saturated rings. The average Bonchev–Trinajstić information content (AvgIpc) is 2.53. The predicted molar refractivity (Wildman–Crippen MR) is 98.4 cm³/mol. The van der Waals surface area contributed by atoms with Crippen molar-refractivity contribution >= 4 is 33.4 Å². The first kappa shape index (κ1) is 18.5. The Morgan fingerprint density at radius 3 is 2.38 bits per heavy atom. The molecule has 0 heterocycles. The van der Waals surface area contributed by atoms with E-state index < -0.39 is 10.0 Å². The van der Waals surface area contributed by atoms with Gasteiger partial charge in [-0.2, -0.15) is 0 Å². The van der Waals surface area contributed by atoms with Crippen LogP contribution < -0.4 is 10.5 Å². The number of nitrogens with one attached hydrogen (secondary N) is 1. The molecule has 0 spiro atoms. The lowest BCUT2D eigenvalue weighted by molar-refractivity contribution is -0.115. The number of amides is 1. The molecule has 24 heavy (non-hydrogen) atoms. The number of rotatable bonds is 6. The van der Waals surface area contributed by atoms with Crippen molar-refractivity contribution in [2.45, 2.75) is 29.7 Å². The van der Waals surface area contributed by atoms with Crippen molar-refractivity contribution in [1.82, 2.24) is 0 Å². The second-order valence-corrected chi connectivity index (χ2v) is 8.33. The molecule has 0 saturated heterocycles. The first-order chi connectivity index (χ1) is 11.3. The van der Waals surface area contributed by atoms with Crippen molar-refractivity contribution in [3.63, 3.8) is 0 Å². The van der Waals surface area contributed by atoms with Crippen molar-refractivity contribution < 1.29 is 13.2 Å². The van der Waals surface area contributed by atoms with Crippen LogP contribution in [0, 0.1) is 6.92 Å². The van der Waals surface area contributed by atoms with Crippen molar-refractivity contribution in [2.24, 2.45) is 5.14 Å². The average molecular weight is 364 g/mol. The molecule has 0 unspecified atom stereocenters. The molecule has 2 aromatic rings. The molecule has 128 valence electrons. The van der Waals surface area contributed by atoms with Crippen LogP contribution in [0.3, 0.4) is 0 Å². The summed E-state index contributed by atoms with van der Waals surface area (Å²) >= 11 is 1.55. The number of anilines is 1. The summed E-state index contributed by atoms with van der Waals surface area (Å²) in [5.41, 5.74) is 2.95. The van der Waals surface area contributed by atoms with Crippen LogP contribution in [0.1, 0.15) is 18.1 Å². The van der Waals surface area contributed by atoms with Crippen LogP contribution in [-0.2, 0) is 20.6 Å². The summed E-state index contributed by atoms with van der Waals surface area (Å²) in [7, 11) is -3.72. The lowest BCUT2D eigenvalue weighted by atomic mass is 10.1. The third kappa shape index (κ3) is 5.09. The number of hydrogen-bond acceptors (Lipinski definition) is 4. The lowest BCUT2D eigenvalue weighted by Gasteiger charge is -2.13. The highest BCUT2D eigenvalue weighted by molar-refractivity contribution is 7.99. The van der Waals surface area contributed by atoms with Gasteiger partial charge in [0.1, 0.15) is 0 Å². The van der Waals surface area contributed by atoms with Gasteiger partial charge >= 0.3 is 0 Å². The van der Waals surface area contributed by atoms with Gasteiger partial charge in [0.2, 0.25) is 15.9 Å². The maximum absolute atomic E-state index is 12.2. The van der Waals surface area contributed by atoms with Gasteiger partial charge in [-0.3, -0.25) is 4.79 Å². The molecule has 1 atom stereocenters. The van der Waals surface area contributed by atoms with Crippen LogP contribution >= 0.6 is 11.8 Å². The van der Waals surface area contributed by atoms with Crippen LogP contribution in [0.2, 0.25) is 0 Å². The number of primary sulfonamides is 1. The molecule has 2 rings (SSSR count). The van der Waals surface area contributed by atoms with Gasteiger partial charge in [0.05, 0.1) is 10.1 Å². The second kappa shape index (κ2) is 7.83. The fourth-order valence-electron chi connectivity index (χ4n) is 2.03. The fraction of sp³-hybridized carbons (Fsp3) is 0.235. The Balaban J connectivity index is 1.93. The molecule has 1 amide bonds. The van der Waals surface area contributed by atoms with E-state index in [1.807, 2.05) is 32.0 Å². The molecule has 5 nitrogen and oxygen atoms in total. The number of carbonyl (C=O) groups is 1. The zero-order valence-corrected chi connectivity index (χ0v) is 15.2. The summed E-state index contributed by atoms with van der Waals surface area (Å²) in [6, 6.07) is 13.9. The minimum absolute atomic E-state index is 0.0162. The molecular weight excluding hydrogens is 344 g/mol. The Morgan fingerprint density at radius 2 is 1.79 bits per heavy atom. The van der Waals surface area contributed by atoms with Crippen LogP contribution in [0.4, 0.5) is 5.69 Å². The highest BCUT2D eigenvalue weighted by atomic mass is 32.2. The van der Waals surface area contributed by atoms with Crippen LogP contribution in [0.5, 0.6) is 0 Å². The topological polar surface area (TPSA) is 89.3 Å². The SMILES string of the molecule is Cc1ccccc1CS[C@@H](C)C(=O)Nc1ccc(S(N)(=O)=O)cc1. The highest BCUT2D eigenvalue weighted by Gasteiger charge is 2.15. The van der Waals surface area contributed by atoms with E-state index in [0.29, 0.717) is 5.69 Å². The van der Waals surface area contributed by atoms with E-state index in [1.165, 1.54) is 35.4 Å². The number of hydrogen-bond donors (Lipinski definition) is 2. The summed E-state index contributed by atoms with van der Waals surface area (Å²) < 4.78 is 22.4. The molecule has 0 aliphatic rings. The molecule has 7 heteroatoms. The lowest BCUT2D eigenvalue weighted by Crippen LogP contribution is -2.22. The Hall–Kier alpha value is -1.83. The van der Waals surface area contributed by atoms with Gasteiger partial charge in [0.15, 0.2) is 0 Å². The van der Waals surface area contributed by atoms with E-state index in [2.05, 4.69) is 11.4 Å². The van der Waals surface area contributed by atoms with Gasteiger partial charge in [-0.25, -0.2) is 13.6 Å². The minimum Gasteiger partial charge on any atom is -0.325 e. The Labute approximate surface area is 146 Å². The molecule has 0 saturated carbocycles. The number of benzene rings is 2. The first-order valence-corrected chi connectivity index (χ1v) is 9.97. The summed E-state index contributed by atoms with van der Waals surface area (Å²) in [4.78, 5) is 12.2. The van der Waals surface area contributed by atoms with Crippen LogP contribution in [0.25, 0.3) is 0 Å². The zero-order chi connectivity index (χ0) is 17.7. The maximum Gasteiger partial charge on any atom is 0.238 e. The zero-order valence-electron chi connectivity index (χ0n) is 13.5. The first-order valence-electron chi connectivity index (χ1n) is 7.37. The largest absolute Gasteiger partial charge is 0.325 e. The van der Waals surface area contributed by atoms with Crippen LogP contribution in [-0.4, -0.2) is 19.6 Å². The van der Waals surface area contributed by atoms with E-state index in [1.54, 1.807) is 11.8 Å². The molecule has 0 aromatic heterocycles. The maximum atomic E-state index is 12.2. The predicted octanol–water partition coefficient (Wildman–Crippen LogP) is 2.90. The normalized spacial score (nSPS) is 12.6. The minimum atomic E-state index is -3.72. The highest BCUT2D eigenvalue weighted by Crippen LogP contribution is 2.21. The number of thioether (sulfide) groups is 1. The van der Waals surface area contributed by atoms with E-state index >= 15 is 0 Å². The molecule has 3 N–H and O–H groups in total. The molecule has 0 bridgehead atoms. The van der Waals surface area contributed by atoms with Gasteiger partial charge in [0.25, 0.3) is 0 Å². The number of nitrogens with two attached hydrogens (primary N) is 1. The molecule has 2 aromatic carbocycles. The summed E-state index contributed by atoms with van der Waals surface area (Å²) in [6.07, 6.45) is 0. The van der Waals surface area contributed by atoms with Gasteiger partial charge in [0, 0.05) is 11.4 Å². The second-order valence-electron chi connectivity index (χ2n) is 5.44. The van der Waals surface area contributed by atoms with E-state index in [-0.39, 0.29) is 16.1 Å². The van der Waals surface area contributed by atoms with Gasteiger partial charge < -0.3 is 5.32 Å².